The van der Waals surface area contributed by atoms with Crippen LogP contribution in [0.3, 0.4) is 0 Å². The van der Waals surface area contributed by atoms with E-state index in [4.69, 9.17) is 9.97 Å². The van der Waals surface area contributed by atoms with E-state index in [2.05, 4.69) is 32.7 Å². The molecule has 0 radical (unpaired) electrons. The van der Waals surface area contributed by atoms with E-state index in [1.807, 2.05) is 53.1 Å². The number of anilines is 3. The molecule has 0 atom stereocenters. The molecule has 0 aliphatic carbocycles. The number of pyridine rings is 1. The van der Waals surface area contributed by atoms with Crippen LogP contribution in [-0.4, -0.2) is 49.8 Å². The summed E-state index contributed by atoms with van der Waals surface area (Å²) >= 11 is 0. The topological polar surface area (TPSA) is 87.5 Å². The van der Waals surface area contributed by atoms with E-state index in [9.17, 15) is 13.6 Å². The van der Waals surface area contributed by atoms with Crippen LogP contribution in [0.4, 0.5) is 26.1 Å². The largest absolute Gasteiger partial charge is 0.324 e. The van der Waals surface area contributed by atoms with E-state index < -0.39 is 23.1 Å². The summed E-state index contributed by atoms with van der Waals surface area (Å²) in [6, 6.07) is 26.2. The maximum Gasteiger partial charge on any atom is 0.261 e. The first kappa shape index (κ1) is 29.2. The molecule has 46 heavy (non-hydrogen) atoms. The second kappa shape index (κ2) is 12.9. The molecule has 1 fully saturated rings. The molecule has 4 heterocycles. The van der Waals surface area contributed by atoms with E-state index >= 15 is 0 Å². The number of fused-ring (bicyclic) bond motifs is 1. The van der Waals surface area contributed by atoms with Gasteiger partial charge in [-0.1, -0.05) is 36.4 Å². The first-order chi connectivity index (χ1) is 22.5. The van der Waals surface area contributed by atoms with Crippen molar-refractivity contribution in [2.24, 2.45) is 0 Å². The molecule has 0 saturated carbocycles. The van der Waals surface area contributed by atoms with Crippen molar-refractivity contribution in [2.45, 2.75) is 19.3 Å². The average Bonchev–Trinajstić information content (AvgIpc) is 3.73. The fourth-order valence-electron chi connectivity index (χ4n) is 5.87. The zero-order valence-corrected chi connectivity index (χ0v) is 25.0. The highest BCUT2D eigenvalue weighted by Crippen LogP contribution is 2.33. The van der Waals surface area contributed by atoms with Crippen LogP contribution in [0, 0.1) is 11.6 Å². The third kappa shape index (κ3) is 6.20. The fourth-order valence-corrected chi connectivity index (χ4v) is 5.87. The predicted octanol–water partition coefficient (Wildman–Crippen LogP) is 7.37. The van der Waals surface area contributed by atoms with Crippen LogP contribution in [0.2, 0.25) is 0 Å². The Hall–Kier alpha value is -5.48. The van der Waals surface area contributed by atoms with Crippen molar-refractivity contribution in [3.8, 4) is 22.6 Å². The third-order valence-electron chi connectivity index (χ3n) is 8.11. The normalized spacial score (nSPS) is 13.3. The number of nitrogens with zero attached hydrogens (tertiary/aromatic N) is 5. The lowest BCUT2D eigenvalue weighted by Gasteiger charge is -2.14. The summed E-state index contributed by atoms with van der Waals surface area (Å²) in [7, 11) is 0. The van der Waals surface area contributed by atoms with Gasteiger partial charge in [-0.3, -0.25) is 9.20 Å². The average molecular weight is 616 g/mol. The van der Waals surface area contributed by atoms with E-state index in [-0.39, 0.29) is 0 Å². The van der Waals surface area contributed by atoms with Crippen LogP contribution < -0.4 is 10.6 Å². The summed E-state index contributed by atoms with van der Waals surface area (Å²) in [6.07, 6.45) is 7.15. The summed E-state index contributed by atoms with van der Waals surface area (Å²) in [4.78, 5) is 29.6. The molecular weight excluding hydrogens is 584 g/mol. The minimum absolute atomic E-state index is 0.364. The van der Waals surface area contributed by atoms with Crippen molar-refractivity contribution < 1.29 is 13.6 Å². The smallest absolute Gasteiger partial charge is 0.261 e. The van der Waals surface area contributed by atoms with Gasteiger partial charge < -0.3 is 15.5 Å². The van der Waals surface area contributed by atoms with E-state index in [1.165, 1.54) is 37.6 Å². The molecule has 7 rings (SSSR count). The number of nitrogens with one attached hydrogen (secondary N) is 2. The summed E-state index contributed by atoms with van der Waals surface area (Å²) in [5.41, 5.74) is 5.25. The fraction of sp³-hybridized carbons (Fsp3) is 0.167. The molecule has 1 saturated heterocycles. The van der Waals surface area contributed by atoms with Crippen molar-refractivity contribution in [1.82, 2.24) is 24.3 Å². The van der Waals surface area contributed by atoms with Gasteiger partial charge in [0.25, 0.3) is 5.91 Å². The number of aromatic nitrogens is 4. The first-order valence-corrected chi connectivity index (χ1v) is 15.3. The summed E-state index contributed by atoms with van der Waals surface area (Å²) in [5.74, 6) is -2.30. The molecule has 0 bridgehead atoms. The van der Waals surface area contributed by atoms with Crippen molar-refractivity contribution in [2.75, 3.05) is 30.3 Å². The molecular formula is C36H31F2N7O. The number of hydrogen-bond donors (Lipinski definition) is 2. The summed E-state index contributed by atoms with van der Waals surface area (Å²) < 4.78 is 30.5. The van der Waals surface area contributed by atoms with Gasteiger partial charge in [0.15, 0.2) is 0 Å². The van der Waals surface area contributed by atoms with Crippen LogP contribution in [-0.2, 0) is 6.42 Å². The van der Waals surface area contributed by atoms with Gasteiger partial charge in [-0.15, -0.1) is 0 Å². The summed E-state index contributed by atoms with van der Waals surface area (Å²) in [5, 5.41) is 5.98. The Labute approximate surface area is 264 Å². The van der Waals surface area contributed by atoms with Crippen LogP contribution in [0.25, 0.3) is 28.3 Å². The van der Waals surface area contributed by atoms with Crippen molar-refractivity contribution in [1.29, 1.82) is 0 Å². The molecule has 1 aliphatic heterocycles. The lowest BCUT2D eigenvalue weighted by molar-refractivity contribution is 0.101. The van der Waals surface area contributed by atoms with Crippen LogP contribution in [0.1, 0.15) is 28.8 Å². The Kier molecular flexibility index (Phi) is 8.18. The quantitative estimate of drug-likeness (QED) is 0.177. The molecule has 230 valence electrons. The number of rotatable bonds is 9. The van der Waals surface area contributed by atoms with E-state index in [0.717, 1.165) is 36.5 Å². The first-order valence-electron chi connectivity index (χ1n) is 15.3. The lowest BCUT2D eigenvalue weighted by atomic mass is 10.1. The lowest BCUT2D eigenvalue weighted by Crippen LogP contribution is -2.21. The minimum Gasteiger partial charge on any atom is -0.324 e. The SMILES string of the molecule is O=C(Nc1cccc(-c2nc3ccccn3c2-c2ccnc(Nc3cccc(CCN4CCCC4)c3)n2)c1)c1c(F)cccc1F. The number of likely N-dealkylation sites (tertiary alicyclic amines) is 1. The number of amides is 1. The van der Waals surface area contributed by atoms with Gasteiger partial charge in [-0.05, 0) is 92.5 Å². The second-order valence-electron chi connectivity index (χ2n) is 11.3. The van der Waals surface area contributed by atoms with Gasteiger partial charge in [0.05, 0.1) is 17.1 Å². The molecule has 1 aliphatic rings. The Morgan fingerprint density at radius 3 is 2.46 bits per heavy atom. The molecule has 2 N–H and O–H groups in total. The van der Waals surface area contributed by atoms with Gasteiger partial charge in [0.2, 0.25) is 5.95 Å². The predicted molar refractivity (Wildman–Crippen MR) is 175 cm³/mol. The zero-order valence-electron chi connectivity index (χ0n) is 25.0. The third-order valence-corrected chi connectivity index (χ3v) is 8.11. The van der Waals surface area contributed by atoms with E-state index in [1.54, 1.807) is 24.4 Å². The van der Waals surface area contributed by atoms with Crippen LogP contribution in [0.15, 0.2) is 103 Å². The number of imidazole rings is 1. The van der Waals surface area contributed by atoms with Crippen LogP contribution in [0.5, 0.6) is 0 Å². The standard InChI is InChI=1S/C36H31F2N7O/c37-28-12-7-13-29(38)32(28)35(46)40-27-11-6-9-25(23-27)33-34(45-20-2-1-14-31(45)43-33)30-15-17-39-36(42-30)41-26-10-5-8-24(22-26)16-21-44-18-3-4-19-44/h1-2,5-15,17,20,22-23H,3-4,16,18-19,21H2,(H,40,46)(H,39,41,42). The van der Waals surface area contributed by atoms with Gasteiger partial charge >= 0.3 is 0 Å². The van der Waals surface area contributed by atoms with Crippen LogP contribution >= 0.6 is 0 Å². The highest BCUT2D eigenvalue weighted by molar-refractivity contribution is 6.05. The van der Waals surface area contributed by atoms with Crippen molar-refractivity contribution >= 4 is 28.9 Å². The maximum absolute atomic E-state index is 14.3. The highest BCUT2D eigenvalue weighted by atomic mass is 19.1. The minimum atomic E-state index is -0.932. The Morgan fingerprint density at radius 1 is 0.826 bits per heavy atom. The number of hydrogen-bond acceptors (Lipinski definition) is 6. The monoisotopic (exact) mass is 615 g/mol. The summed E-state index contributed by atoms with van der Waals surface area (Å²) in [6.45, 7) is 3.41. The Morgan fingerprint density at radius 2 is 1.61 bits per heavy atom. The molecule has 3 aromatic heterocycles. The number of carbonyl (C=O) groups is 1. The van der Waals surface area contributed by atoms with E-state index in [0.29, 0.717) is 34.2 Å². The number of benzene rings is 3. The maximum atomic E-state index is 14.3. The highest BCUT2D eigenvalue weighted by Gasteiger charge is 2.20. The molecule has 6 aromatic rings. The molecule has 8 nitrogen and oxygen atoms in total. The van der Waals surface area contributed by atoms with Crippen molar-refractivity contribution in [3.05, 3.63) is 126 Å². The molecule has 0 spiro atoms. The zero-order chi connectivity index (χ0) is 31.5. The van der Waals surface area contributed by atoms with Gasteiger partial charge in [0, 0.05) is 35.9 Å². The molecule has 3 aromatic carbocycles. The molecule has 10 heteroatoms. The second-order valence-corrected chi connectivity index (χ2v) is 11.3. The molecule has 0 unspecified atom stereocenters. The van der Waals surface area contributed by atoms with Crippen molar-refractivity contribution in [3.63, 3.8) is 0 Å². The van der Waals surface area contributed by atoms with Gasteiger partial charge in [0.1, 0.15) is 22.8 Å². The Balaban J connectivity index is 1.18. The number of carbonyl (C=O) groups excluding carboxylic acids is 1. The van der Waals surface area contributed by atoms with Gasteiger partial charge in [-0.2, -0.15) is 0 Å². The number of halogens is 2. The molecule has 1 amide bonds. The Bertz CT molecular complexity index is 2020. The van der Waals surface area contributed by atoms with Gasteiger partial charge in [-0.25, -0.2) is 23.7 Å².